The standard InChI is InChI=1S/C18H17BrN2O2S/c1-2-21-17-14(19)9-6-10-15(17)24-18(21)20-16(22)11-12-23-13-7-4-3-5-8-13/h3-10H,2,11-12H2,1H3. The van der Waals surface area contributed by atoms with Gasteiger partial charge in [-0.15, -0.1) is 0 Å². The molecular weight excluding hydrogens is 388 g/mol. The van der Waals surface area contributed by atoms with Gasteiger partial charge in [0.2, 0.25) is 0 Å². The van der Waals surface area contributed by atoms with Crippen molar-refractivity contribution in [1.82, 2.24) is 4.57 Å². The SMILES string of the molecule is CCn1c(=NC(=O)CCOc2ccccc2)sc2cccc(Br)c21. The quantitative estimate of drug-likeness (QED) is 0.632. The second-order valence-corrected chi connectivity index (χ2v) is 7.00. The highest BCUT2D eigenvalue weighted by Crippen LogP contribution is 2.25. The molecule has 0 N–H and O–H groups in total. The van der Waals surface area contributed by atoms with Crippen molar-refractivity contribution in [2.75, 3.05) is 6.61 Å². The summed E-state index contributed by atoms with van der Waals surface area (Å²) >= 11 is 5.10. The number of amides is 1. The number of aryl methyl sites for hydroxylation is 1. The maximum Gasteiger partial charge on any atom is 0.251 e. The number of nitrogens with zero attached hydrogens (tertiary/aromatic N) is 2. The van der Waals surface area contributed by atoms with Crippen LogP contribution in [0.3, 0.4) is 0 Å². The first-order valence-electron chi connectivity index (χ1n) is 7.72. The summed E-state index contributed by atoms with van der Waals surface area (Å²) in [6, 6.07) is 15.5. The van der Waals surface area contributed by atoms with Crippen molar-refractivity contribution < 1.29 is 9.53 Å². The highest BCUT2D eigenvalue weighted by molar-refractivity contribution is 9.10. The highest BCUT2D eigenvalue weighted by atomic mass is 79.9. The first-order valence-corrected chi connectivity index (χ1v) is 9.33. The molecule has 1 amide bonds. The third-order valence-corrected chi connectivity index (χ3v) is 5.20. The number of halogens is 1. The number of carbonyl (C=O) groups is 1. The lowest BCUT2D eigenvalue weighted by atomic mass is 10.3. The molecule has 1 aromatic heterocycles. The number of rotatable bonds is 5. The van der Waals surface area contributed by atoms with Gasteiger partial charge in [0.25, 0.3) is 5.91 Å². The second kappa shape index (κ2) is 7.77. The summed E-state index contributed by atoms with van der Waals surface area (Å²) in [4.78, 5) is 17.2. The van der Waals surface area contributed by atoms with Crippen molar-refractivity contribution in [1.29, 1.82) is 0 Å². The summed E-state index contributed by atoms with van der Waals surface area (Å²) < 4.78 is 9.74. The molecule has 0 aliphatic carbocycles. The maximum atomic E-state index is 12.2. The Morgan fingerprint density at radius 2 is 2.00 bits per heavy atom. The molecule has 0 aliphatic rings. The number of fused-ring (bicyclic) bond motifs is 1. The predicted octanol–water partition coefficient (Wildman–Crippen LogP) is 4.38. The molecular formula is C18H17BrN2O2S. The van der Waals surface area contributed by atoms with Gasteiger partial charge < -0.3 is 9.30 Å². The molecule has 0 fully saturated rings. The van der Waals surface area contributed by atoms with Crippen molar-refractivity contribution in [3.8, 4) is 5.75 Å². The average molecular weight is 405 g/mol. The van der Waals surface area contributed by atoms with Crippen LogP contribution in [0.1, 0.15) is 13.3 Å². The van der Waals surface area contributed by atoms with Gasteiger partial charge in [0.15, 0.2) is 4.80 Å². The van der Waals surface area contributed by atoms with Gasteiger partial charge in [-0.25, -0.2) is 0 Å². The minimum absolute atomic E-state index is 0.171. The zero-order valence-electron chi connectivity index (χ0n) is 13.2. The van der Waals surface area contributed by atoms with Gasteiger partial charge in [-0.1, -0.05) is 35.6 Å². The fraction of sp³-hybridized carbons (Fsp3) is 0.222. The Balaban J connectivity index is 1.77. The van der Waals surface area contributed by atoms with E-state index in [1.54, 1.807) is 0 Å². The summed E-state index contributed by atoms with van der Waals surface area (Å²) in [7, 11) is 0. The molecule has 0 atom stereocenters. The average Bonchev–Trinajstić information content (AvgIpc) is 2.94. The molecule has 3 rings (SSSR count). The molecule has 24 heavy (non-hydrogen) atoms. The number of para-hydroxylation sites is 2. The molecule has 0 saturated carbocycles. The summed E-state index contributed by atoms with van der Waals surface area (Å²) in [5.41, 5.74) is 1.08. The summed E-state index contributed by atoms with van der Waals surface area (Å²) in [6.07, 6.45) is 0.258. The number of hydrogen-bond acceptors (Lipinski definition) is 3. The fourth-order valence-electron chi connectivity index (χ4n) is 2.40. The zero-order chi connectivity index (χ0) is 16.9. The van der Waals surface area contributed by atoms with Crippen LogP contribution in [0.5, 0.6) is 5.75 Å². The molecule has 6 heteroatoms. The maximum absolute atomic E-state index is 12.2. The van der Waals surface area contributed by atoms with Crippen LogP contribution >= 0.6 is 27.3 Å². The van der Waals surface area contributed by atoms with Crippen LogP contribution in [0, 0.1) is 0 Å². The largest absolute Gasteiger partial charge is 0.493 e. The number of hydrogen-bond donors (Lipinski definition) is 0. The molecule has 3 aromatic rings. The van der Waals surface area contributed by atoms with E-state index in [4.69, 9.17) is 4.74 Å². The van der Waals surface area contributed by atoms with Crippen molar-refractivity contribution in [2.24, 2.45) is 4.99 Å². The van der Waals surface area contributed by atoms with Gasteiger partial charge in [-0.05, 0) is 47.1 Å². The third-order valence-electron chi connectivity index (χ3n) is 3.52. The normalized spacial score (nSPS) is 11.8. The first kappa shape index (κ1) is 16.9. The highest BCUT2D eigenvalue weighted by Gasteiger charge is 2.09. The van der Waals surface area contributed by atoms with Crippen molar-refractivity contribution in [3.05, 3.63) is 57.8 Å². The fourth-order valence-corrected chi connectivity index (χ4v) is 4.25. The van der Waals surface area contributed by atoms with E-state index in [0.29, 0.717) is 6.61 Å². The smallest absolute Gasteiger partial charge is 0.251 e. The molecule has 0 saturated heterocycles. The van der Waals surface area contributed by atoms with Crippen LogP contribution in [0.2, 0.25) is 0 Å². The Kier molecular flexibility index (Phi) is 5.48. The van der Waals surface area contributed by atoms with Gasteiger partial charge in [0, 0.05) is 11.0 Å². The van der Waals surface area contributed by atoms with Crippen LogP contribution in [0.25, 0.3) is 10.2 Å². The summed E-state index contributed by atoms with van der Waals surface area (Å²) in [6.45, 7) is 3.13. The van der Waals surface area contributed by atoms with E-state index in [1.807, 2.05) is 55.5 Å². The Bertz CT molecular complexity index is 916. The Hall–Kier alpha value is -1.92. The molecule has 124 valence electrons. The van der Waals surface area contributed by atoms with E-state index >= 15 is 0 Å². The molecule has 1 heterocycles. The van der Waals surface area contributed by atoms with Gasteiger partial charge in [-0.2, -0.15) is 4.99 Å². The topological polar surface area (TPSA) is 43.6 Å². The number of carbonyl (C=O) groups excluding carboxylic acids is 1. The number of aromatic nitrogens is 1. The van der Waals surface area contributed by atoms with Gasteiger partial charge in [0.05, 0.1) is 23.2 Å². The first-order chi connectivity index (χ1) is 11.7. The van der Waals surface area contributed by atoms with Crippen molar-refractivity contribution in [2.45, 2.75) is 19.9 Å². The summed E-state index contributed by atoms with van der Waals surface area (Å²) in [5, 5.41) is 0. The minimum Gasteiger partial charge on any atom is -0.493 e. The van der Waals surface area contributed by atoms with Crippen LogP contribution in [-0.2, 0) is 11.3 Å². The van der Waals surface area contributed by atoms with E-state index in [1.165, 1.54) is 11.3 Å². The molecule has 0 unspecified atom stereocenters. The van der Waals surface area contributed by atoms with E-state index in [2.05, 4.69) is 25.5 Å². The Morgan fingerprint density at radius 3 is 2.75 bits per heavy atom. The predicted molar refractivity (Wildman–Crippen MR) is 100 cm³/mol. The number of thiazole rings is 1. The van der Waals surface area contributed by atoms with Crippen LogP contribution < -0.4 is 9.54 Å². The lowest BCUT2D eigenvalue weighted by molar-refractivity contribution is -0.118. The molecule has 2 aromatic carbocycles. The Labute approximate surface area is 152 Å². The number of benzene rings is 2. The van der Waals surface area contributed by atoms with Gasteiger partial charge >= 0.3 is 0 Å². The lowest BCUT2D eigenvalue weighted by Gasteiger charge is -2.04. The molecule has 0 spiro atoms. The second-order valence-electron chi connectivity index (χ2n) is 5.13. The monoisotopic (exact) mass is 404 g/mol. The van der Waals surface area contributed by atoms with E-state index < -0.39 is 0 Å². The number of ether oxygens (including phenoxy) is 1. The van der Waals surface area contributed by atoms with Crippen molar-refractivity contribution in [3.63, 3.8) is 0 Å². The van der Waals surface area contributed by atoms with Crippen molar-refractivity contribution >= 4 is 43.4 Å². The Morgan fingerprint density at radius 1 is 1.21 bits per heavy atom. The van der Waals surface area contributed by atoms with Crippen LogP contribution in [0.15, 0.2) is 58.0 Å². The molecule has 0 bridgehead atoms. The third kappa shape index (κ3) is 3.76. The van der Waals surface area contributed by atoms with E-state index in [-0.39, 0.29) is 12.3 Å². The zero-order valence-corrected chi connectivity index (χ0v) is 15.6. The van der Waals surface area contributed by atoms with E-state index in [9.17, 15) is 4.79 Å². The summed E-state index contributed by atoms with van der Waals surface area (Å²) in [5.74, 6) is 0.593. The van der Waals surface area contributed by atoms with E-state index in [0.717, 1.165) is 31.8 Å². The van der Waals surface area contributed by atoms with Gasteiger partial charge in [-0.3, -0.25) is 4.79 Å². The molecule has 0 radical (unpaired) electrons. The van der Waals surface area contributed by atoms with Gasteiger partial charge in [0.1, 0.15) is 5.75 Å². The van der Waals surface area contributed by atoms with Crippen LogP contribution in [-0.4, -0.2) is 17.1 Å². The van der Waals surface area contributed by atoms with Crippen LogP contribution in [0.4, 0.5) is 0 Å². The molecule has 4 nitrogen and oxygen atoms in total. The lowest BCUT2D eigenvalue weighted by Crippen LogP contribution is -2.16. The minimum atomic E-state index is -0.171. The molecule has 0 aliphatic heterocycles.